The first-order chi connectivity index (χ1) is 17.1. The van der Waals surface area contributed by atoms with Gasteiger partial charge in [-0.1, -0.05) is 39.8 Å². The lowest BCUT2D eigenvalue weighted by Crippen LogP contribution is -2.66. The summed E-state index contributed by atoms with van der Waals surface area (Å²) in [5, 5.41) is 10.2. The second-order valence-electron chi connectivity index (χ2n) is 10.8. The average Bonchev–Trinajstić information content (AvgIpc) is 3.30. The van der Waals surface area contributed by atoms with Crippen molar-refractivity contribution in [1.82, 2.24) is 24.7 Å². The highest BCUT2D eigenvalue weighted by atomic mass is 16.5. The Kier molecular flexibility index (Phi) is 7.54. The van der Waals surface area contributed by atoms with Crippen LogP contribution in [0.15, 0.2) is 24.3 Å². The van der Waals surface area contributed by atoms with E-state index in [1.807, 2.05) is 52.0 Å². The Morgan fingerprint density at radius 2 is 1.89 bits per heavy atom. The number of hydrogen-bond donors (Lipinski definition) is 2. The summed E-state index contributed by atoms with van der Waals surface area (Å²) in [4.78, 5) is 52.4. The van der Waals surface area contributed by atoms with E-state index in [4.69, 9.17) is 4.74 Å². The Labute approximate surface area is 211 Å². The molecule has 36 heavy (non-hydrogen) atoms. The maximum absolute atomic E-state index is 13.9. The SMILES string of the molecule is CCCN(C(=O)c1nc2ccccc2[nH]1)[C@H]1C[C@@H](C(=O)N2CCOCC2)CN(C(=O)O)C1C(C)(C)C. The molecule has 196 valence electrons. The zero-order chi connectivity index (χ0) is 26.0. The van der Waals surface area contributed by atoms with Crippen LogP contribution >= 0.6 is 0 Å². The van der Waals surface area contributed by atoms with Gasteiger partial charge in [0.2, 0.25) is 5.91 Å². The van der Waals surface area contributed by atoms with E-state index in [2.05, 4.69) is 9.97 Å². The number of para-hydroxylation sites is 2. The molecule has 1 unspecified atom stereocenters. The molecule has 3 amide bonds. The van der Waals surface area contributed by atoms with Gasteiger partial charge in [0.15, 0.2) is 5.82 Å². The fourth-order valence-electron chi connectivity index (χ4n) is 5.66. The number of nitrogens with zero attached hydrogens (tertiary/aromatic N) is 4. The number of carboxylic acid groups (broad SMARTS) is 1. The molecule has 0 radical (unpaired) electrons. The third-order valence-corrected chi connectivity index (χ3v) is 7.17. The van der Waals surface area contributed by atoms with Crippen molar-refractivity contribution in [2.75, 3.05) is 39.4 Å². The van der Waals surface area contributed by atoms with E-state index in [1.54, 1.807) is 9.80 Å². The van der Waals surface area contributed by atoms with Crippen LogP contribution in [0.1, 0.15) is 51.2 Å². The highest BCUT2D eigenvalue weighted by molar-refractivity contribution is 5.94. The van der Waals surface area contributed by atoms with Gasteiger partial charge in [0.05, 0.1) is 42.2 Å². The molecule has 4 rings (SSSR count). The van der Waals surface area contributed by atoms with E-state index in [-0.39, 0.29) is 24.2 Å². The molecular formula is C26H37N5O5. The molecule has 1 aromatic carbocycles. The molecule has 2 aliphatic rings. The summed E-state index contributed by atoms with van der Waals surface area (Å²) < 4.78 is 5.39. The van der Waals surface area contributed by atoms with E-state index < -0.39 is 29.5 Å². The number of ether oxygens (including phenoxy) is 1. The Morgan fingerprint density at radius 1 is 1.19 bits per heavy atom. The number of hydrogen-bond acceptors (Lipinski definition) is 5. The first-order valence-electron chi connectivity index (χ1n) is 12.7. The minimum absolute atomic E-state index is 0.0745. The number of aromatic amines is 1. The van der Waals surface area contributed by atoms with Gasteiger partial charge < -0.3 is 29.5 Å². The number of nitrogens with one attached hydrogen (secondary N) is 1. The number of likely N-dealkylation sites (tertiary alicyclic amines) is 1. The van der Waals surface area contributed by atoms with Gasteiger partial charge in [-0.3, -0.25) is 9.59 Å². The third-order valence-electron chi connectivity index (χ3n) is 7.17. The van der Waals surface area contributed by atoms with Crippen LogP contribution in [-0.4, -0.2) is 99.2 Å². The van der Waals surface area contributed by atoms with Crippen LogP contribution in [0.4, 0.5) is 4.79 Å². The lowest BCUT2D eigenvalue weighted by molar-refractivity contribution is -0.144. The zero-order valence-electron chi connectivity index (χ0n) is 21.6. The first kappa shape index (κ1) is 25.9. The number of rotatable bonds is 5. The summed E-state index contributed by atoms with van der Waals surface area (Å²) >= 11 is 0. The van der Waals surface area contributed by atoms with Crippen molar-refractivity contribution in [3.63, 3.8) is 0 Å². The van der Waals surface area contributed by atoms with E-state index in [0.717, 1.165) is 5.52 Å². The third kappa shape index (κ3) is 5.18. The topological polar surface area (TPSA) is 119 Å². The monoisotopic (exact) mass is 499 g/mol. The standard InChI is InChI=1S/C26H37N5O5/c1-5-10-30(24(33)22-27-18-8-6-7-9-19(18)28-22)20-15-17(23(32)29-11-13-36-14-12-29)16-31(25(34)35)21(20)26(2,3)4/h6-9,17,20-21H,5,10-16H2,1-4H3,(H,27,28)(H,34,35)/t17-,20+,21?/m1/s1. The molecule has 0 aliphatic carbocycles. The maximum atomic E-state index is 13.9. The number of aromatic nitrogens is 2. The minimum Gasteiger partial charge on any atom is -0.465 e. The summed E-state index contributed by atoms with van der Waals surface area (Å²) in [5.74, 6) is -0.668. The predicted molar refractivity (Wildman–Crippen MR) is 135 cm³/mol. The Bertz CT molecular complexity index is 1070. The van der Waals surface area contributed by atoms with Crippen molar-refractivity contribution in [2.24, 2.45) is 11.3 Å². The van der Waals surface area contributed by atoms with Gasteiger partial charge in [-0.05, 0) is 30.4 Å². The van der Waals surface area contributed by atoms with Crippen molar-refractivity contribution in [3.05, 3.63) is 30.1 Å². The van der Waals surface area contributed by atoms with E-state index in [1.165, 1.54) is 4.90 Å². The van der Waals surface area contributed by atoms with Crippen LogP contribution in [0.2, 0.25) is 0 Å². The molecule has 0 spiro atoms. The molecule has 3 atom stereocenters. The van der Waals surface area contributed by atoms with Crippen LogP contribution in [0.3, 0.4) is 0 Å². The highest BCUT2D eigenvalue weighted by Crippen LogP contribution is 2.38. The first-order valence-corrected chi connectivity index (χ1v) is 12.7. The molecule has 2 fully saturated rings. The van der Waals surface area contributed by atoms with Crippen molar-refractivity contribution in [3.8, 4) is 0 Å². The van der Waals surface area contributed by atoms with Gasteiger partial charge in [0, 0.05) is 26.2 Å². The molecule has 2 aliphatic heterocycles. The van der Waals surface area contributed by atoms with Gasteiger partial charge >= 0.3 is 6.09 Å². The summed E-state index contributed by atoms with van der Waals surface area (Å²) in [5.41, 5.74) is 0.998. The average molecular weight is 500 g/mol. The highest BCUT2D eigenvalue weighted by Gasteiger charge is 2.50. The van der Waals surface area contributed by atoms with Gasteiger partial charge in [-0.2, -0.15) is 0 Å². The summed E-state index contributed by atoms with van der Waals surface area (Å²) in [6.07, 6.45) is 0.00885. The molecule has 0 bridgehead atoms. The Balaban J connectivity index is 1.72. The van der Waals surface area contributed by atoms with Crippen molar-refractivity contribution < 1.29 is 24.2 Å². The maximum Gasteiger partial charge on any atom is 0.407 e. The van der Waals surface area contributed by atoms with Crippen molar-refractivity contribution in [1.29, 1.82) is 0 Å². The second-order valence-corrected chi connectivity index (χ2v) is 10.8. The fourth-order valence-corrected chi connectivity index (χ4v) is 5.66. The number of benzene rings is 1. The summed E-state index contributed by atoms with van der Waals surface area (Å²) in [7, 11) is 0. The van der Waals surface area contributed by atoms with Crippen LogP contribution in [0.5, 0.6) is 0 Å². The normalized spacial score (nSPS) is 23.1. The Morgan fingerprint density at radius 3 is 2.50 bits per heavy atom. The molecule has 10 heteroatoms. The number of morpholine rings is 1. The van der Waals surface area contributed by atoms with Gasteiger partial charge in [0.25, 0.3) is 5.91 Å². The van der Waals surface area contributed by atoms with Crippen LogP contribution in [-0.2, 0) is 9.53 Å². The molecule has 2 aromatic rings. The quantitative estimate of drug-likeness (QED) is 0.653. The molecule has 10 nitrogen and oxygen atoms in total. The molecule has 2 N–H and O–H groups in total. The van der Waals surface area contributed by atoms with Crippen LogP contribution in [0, 0.1) is 11.3 Å². The second kappa shape index (κ2) is 10.5. The zero-order valence-corrected chi connectivity index (χ0v) is 21.6. The number of carbonyl (C=O) groups is 3. The minimum atomic E-state index is -1.08. The van der Waals surface area contributed by atoms with Gasteiger partial charge in [0.1, 0.15) is 0 Å². The molecule has 3 heterocycles. The fraction of sp³-hybridized carbons (Fsp3) is 0.615. The predicted octanol–water partition coefficient (Wildman–Crippen LogP) is 3.06. The van der Waals surface area contributed by atoms with E-state index in [0.29, 0.717) is 51.2 Å². The lowest BCUT2D eigenvalue weighted by Gasteiger charge is -2.52. The van der Waals surface area contributed by atoms with Crippen LogP contribution < -0.4 is 0 Å². The van der Waals surface area contributed by atoms with Gasteiger partial charge in [-0.15, -0.1) is 0 Å². The van der Waals surface area contributed by atoms with E-state index >= 15 is 0 Å². The Hall–Kier alpha value is -3.14. The van der Waals surface area contributed by atoms with Crippen molar-refractivity contribution in [2.45, 2.75) is 52.6 Å². The number of amides is 3. The summed E-state index contributed by atoms with van der Waals surface area (Å²) in [6.45, 7) is 10.4. The number of H-pyrrole nitrogens is 1. The number of piperidine rings is 1. The van der Waals surface area contributed by atoms with Crippen molar-refractivity contribution >= 4 is 28.9 Å². The largest absolute Gasteiger partial charge is 0.465 e. The number of fused-ring (bicyclic) bond motifs is 1. The molecule has 2 saturated heterocycles. The van der Waals surface area contributed by atoms with Gasteiger partial charge in [-0.25, -0.2) is 9.78 Å². The molecule has 0 saturated carbocycles. The number of imidazole rings is 1. The number of carbonyl (C=O) groups excluding carboxylic acids is 2. The lowest BCUT2D eigenvalue weighted by atomic mass is 9.74. The molecular weight excluding hydrogens is 462 g/mol. The van der Waals surface area contributed by atoms with Crippen LogP contribution in [0.25, 0.3) is 11.0 Å². The van der Waals surface area contributed by atoms with E-state index in [9.17, 15) is 19.5 Å². The summed E-state index contributed by atoms with van der Waals surface area (Å²) in [6, 6.07) is 6.49. The smallest absolute Gasteiger partial charge is 0.407 e. The molecule has 1 aromatic heterocycles.